The highest BCUT2D eigenvalue weighted by molar-refractivity contribution is 6.35. The number of ether oxygens (including phenoxy) is 1. The maximum Gasteiger partial charge on any atom is 0.254 e. The predicted octanol–water partition coefficient (Wildman–Crippen LogP) is 3.45. The second kappa shape index (κ2) is 6.62. The molecule has 0 spiro atoms. The van der Waals surface area contributed by atoms with Crippen LogP contribution in [0.5, 0.6) is 0 Å². The van der Waals surface area contributed by atoms with Crippen LogP contribution in [0.25, 0.3) is 11.0 Å². The molecule has 0 radical (unpaired) electrons. The van der Waals surface area contributed by atoms with E-state index in [1.807, 2.05) is 6.92 Å². The molecule has 0 bridgehead atoms. The number of carbonyl (C=O) groups excluding carboxylic acids is 1. The van der Waals surface area contributed by atoms with E-state index in [1.54, 1.807) is 32.4 Å². The average molecular weight is 350 g/mol. The van der Waals surface area contributed by atoms with E-state index in [0.717, 1.165) is 0 Å². The quantitative estimate of drug-likeness (QED) is 0.701. The highest BCUT2D eigenvalue weighted by Gasteiger charge is 2.20. The van der Waals surface area contributed by atoms with Gasteiger partial charge in [-0.15, -0.1) is 0 Å². The fourth-order valence-corrected chi connectivity index (χ4v) is 2.51. The van der Waals surface area contributed by atoms with Gasteiger partial charge in [0.2, 0.25) is 5.89 Å². The topological polar surface area (TPSA) is 81.6 Å². The summed E-state index contributed by atoms with van der Waals surface area (Å²) in [4.78, 5) is 18.4. The Bertz CT molecular complexity index is 873. The fourth-order valence-electron chi connectivity index (χ4n) is 2.30. The molecule has 3 aromatic rings. The molecule has 0 fully saturated rings. The number of benzene rings is 1. The van der Waals surface area contributed by atoms with Crippen LogP contribution in [0.1, 0.15) is 35.1 Å². The van der Waals surface area contributed by atoms with E-state index in [1.165, 1.54) is 11.2 Å². The highest BCUT2D eigenvalue weighted by Crippen LogP contribution is 2.28. The third kappa shape index (κ3) is 3.00. The molecule has 2 aromatic heterocycles. The largest absolute Gasteiger partial charge is 0.463 e. The molecule has 0 unspecified atom stereocenters. The molecule has 0 N–H and O–H groups in total. The van der Waals surface area contributed by atoms with Gasteiger partial charge in [-0.05, 0) is 25.1 Å². The number of rotatable bonds is 5. The molecule has 0 aliphatic rings. The first-order valence-corrected chi connectivity index (χ1v) is 7.65. The lowest BCUT2D eigenvalue weighted by molar-refractivity contribution is 0.0771. The van der Waals surface area contributed by atoms with Crippen LogP contribution in [-0.2, 0) is 11.3 Å². The number of carbonyl (C=O) groups is 1. The average Bonchev–Trinajstić information content (AvgIpc) is 3.23. The lowest BCUT2D eigenvalue weighted by Crippen LogP contribution is -2.26. The molecular formula is C16H16ClN3O4. The maximum absolute atomic E-state index is 12.7. The van der Waals surface area contributed by atoms with E-state index in [2.05, 4.69) is 10.1 Å². The molecule has 1 aromatic carbocycles. The minimum atomic E-state index is -0.273. The van der Waals surface area contributed by atoms with E-state index in [-0.39, 0.29) is 18.6 Å². The van der Waals surface area contributed by atoms with Crippen molar-refractivity contribution in [2.75, 3.05) is 14.2 Å². The van der Waals surface area contributed by atoms with Gasteiger partial charge in [0, 0.05) is 19.5 Å². The van der Waals surface area contributed by atoms with Crippen molar-refractivity contribution in [1.29, 1.82) is 0 Å². The second-order valence-corrected chi connectivity index (χ2v) is 5.75. The summed E-state index contributed by atoms with van der Waals surface area (Å²) in [6.07, 6.45) is 1.23. The Kier molecular flexibility index (Phi) is 4.55. The summed E-state index contributed by atoms with van der Waals surface area (Å²) in [5, 5.41) is 4.97. The smallest absolute Gasteiger partial charge is 0.254 e. The molecule has 0 saturated heterocycles. The van der Waals surface area contributed by atoms with Crippen LogP contribution in [0, 0.1) is 0 Å². The molecule has 2 heterocycles. The molecule has 1 amide bonds. The minimum Gasteiger partial charge on any atom is -0.463 e. The van der Waals surface area contributed by atoms with Gasteiger partial charge in [-0.2, -0.15) is 4.98 Å². The molecule has 0 aliphatic carbocycles. The summed E-state index contributed by atoms with van der Waals surface area (Å²) in [5.41, 5.74) is 0.987. The molecule has 0 aliphatic heterocycles. The van der Waals surface area contributed by atoms with Crippen molar-refractivity contribution in [1.82, 2.24) is 15.0 Å². The van der Waals surface area contributed by atoms with Gasteiger partial charge in [0.05, 0.1) is 23.4 Å². The second-order valence-electron chi connectivity index (χ2n) is 5.34. The number of hydrogen-bond donors (Lipinski definition) is 0. The summed E-state index contributed by atoms with van der Waals surface area (Å²) in [7, 11) is 3.22. The van der Waals surface area contributed by atoms with Gasteiger partial charge < -0.3 is 18.6 Å². The Balaban J connectivity index is 1.80. The lowest BCUT2D eigenvalue weighted by Gasteiger charge is -2.15. The molecule has 0 saturated carbocycles. The predicted molar refractivity (Wildman–Crippen MR) is 86.7 cm³/mol. The van der Waals surface area contributed by atoms with Crippen LogP contribution in [0.2, 0.25) is 5.02 Å². The Morgan fingerprint density at radius 2 is 2.21 bits per heavy atom. The third-order valence-electron chi connectivity index (χ3n) is 3.72. The number of fused-ring (bicyclic) bond motifs is 1. The zero-order chi connectivity index (χ0) is 17.3. The molecule has 3 rings (SSSR count). The van der Waals surface area contributed by atoms with Crippen LogP contribution in [0.15, 0.2) is 33.4 Å². The molecule has 8 heteroatoms. The molecule has 7 nitrogen and oxygen atoms in total. The summed E-state index contributed by atoms with van der Waals surface area (Å²) in [6.45, 7) is 2.00. The van der Waals surface area contributed by atoms with Crippen LogP contribution in [-0.4, -0.2) is 35.1 Å². The van der Waals surface area contributed by atoms with Gasteiger partial charge in [0.25, 0.3) is 5.91 Å². The van der Waals surface area contributed by atoms with Crippen molar-refractivity contribution in [3.05, 3.63) is 46.8 Å². The van der Waals surface area contributed by atoms with Crippen molar-refractivity contribution in [2.45, 2.75) is 19.6 Å². The van der Waals surface area contributed by atoms with Crippen LogP contribution >= 0.6 is 11.6 Å². The number of hydrogen-bond acceptors (Lipinski definition) is 6. The van der Waals surface area contributed by atoms with Gasteiger partial charge in [0.15, 0.2) is 11.4 Å². The summed E-state index contributed by atoms with van der Waals surface area (Å²) < 4.78 is 15.6. The SMILES string of the molecule is CO[C@@H](C)c1noc(CN(C)C(=O)c2ccc(Cl)c3occc23)n1. The Morgan fingerprint density at radius 3 is 2.96 bits per heavy atom. The van der Waals surface area contributed by atoms with Crippen molar-refractivity contribution in [3.63, 3.8) is 0 Å². The molecule has 126 valence electrons. The van der Waals surface area contributed by atoms with Crippen LogP contribution in [0.3, 0.4) is 0 Å². The van der Waals surface area contributed by atoms with E-state index < -0.39 is 0 Å². The number of halogens is 1. The van der Waals surface area contributed by atoms with Crippen LogP contribution < -0.4 is 0 Å². The van der Waals surface area contributed by atoms with Gasteiger partial charge in [-0.3, -0.25) is 4.79 Å². The lowest BCUT2D eigenvalue weighted by atomic mass is 10.1. The van der Waals surface area contributed by atoms with Gasteiger partial charge in [-0.1, -0.05) is 16.8 Å². The number of methoxy groups -OCH3 is 1. The third-order valence-corrected chi connectivity index (χ3v) is 4.02. The number of nitrogens with zero attached hydrogens (tertiary/aromatic N) is 3. The van der Waals surface area contributed by atoms with Gasteiger partial charge >= 0.3 is 0 Å². The van der Waals surface area contributed by atoms with Gasteiger partial charge in [0.1, 0.15) is 6.10 Å². The fraction of sp³-hybridized carbons (Fsp3) is 0.312. The molecule has 1 atom stereocenters. The van der Waals surface area contributed by atoms with Crippen molar-refractivity contribution in [3.8, 4) is 0 Å². The van der Waals surface area contributed by atoms with E-state index in [0.29, 0.717) is 33.3 Å². The number of amides is 1. The summed E-state index contributed by atoms with van der Waals surface area (Å²) in [6, 6.07) is 5.03. The molecule has 24 heavy (non-hydrogen) atoms. The highest BCUT2D eigenvalue weighted by atomic mass is 35.5. The summed E-state index contributed by atoms with van der Waals surface area (Å²) >= 11 is 6.07. The first-order chi connectivity index (χ1) is 11.5. The van der Waals surface area contributed by atoms with Gasteiger partial charge in [-0.25, -0.2) is 0 Å². The number of aromatic nitrogens is 2. The monoisotopic (exact) mass is 349 g/mol. The van der Waals surface area contributed by atoms with E-state index in [9.17, 15) is 4.79 Å². The molecular weight excluding hydrogens is 334 g/mol. The van der Waals surface area contributed by atoms with Crippen LogP contribution in [0.4, 0.5) is 0 Å². The van der Waals surface area contributed by atoms with Crippen molar-refractivity contribution in [2.24, 2.45) is 0 Å². The minimum absolute atomic E-state index is 0.185. The zero-order valence-corrected chi connectivity index (χ0v) is 14.2. The zero-order valence-electron chi connectivity index (χ0n) is 13.4. The maximum atomic E-state index is 12.7. The van der Waals surface area contributed by atoms with E-state index >= 15 is 0 Å². The van der Waals surface area contributed by atoms with Crippen molar-refractivity contribution >= 4 is 28.5 Å². The normalized spacial score (nSPS) is 12.5. The Hall–Kier alpha value is -2.38. The van der Waals surface area contributed by atoms with E-state index in [4.69, 9.17) is 25.3 Å². The van der Waals surface area contributed by atoms with Crippen molar-refractivity contribution < 1.29 is 18.5 Å². The standard InChI is InChI=1S/C16H16ClN3O4/c1-9(22-3)15-18-13(24-19-15)8-20(2)16(21)11-4-5-12(17)14-10(11)6-7-23-14/h4-7,9H,8H2,1-3H3/t9-/m0/s1. The first-order valence-electron chi connectivity index (χ1n) is 7.27. The first kappa shape index (κ1) is 16.5. The Morgan fingerprint density at radius 1 is 1.42 bits per heavy atom. The Labute approximate surface area is 143 Å². The summed E-state index contributed by atoms with van der Waals surface area (Å²) in [5.74, 6) is 0.580. The number of furan rings is 1.